The molecule has 0 N–H and O–H groups in total. The highest BCUT2D eigenvalue weighted by Gasteiger charge is 2.83. The van der Waals surface area contributed by atoms with E-state index in [1.165, 1.54) is 13.8 Å². The molecule has 0 amide bonds. The summed E-state index contributed by atoms with van der Waals surface area (Å²) in [7, 11) is 0. The van der Waals surface area contributed by atoms with Crippen LogP contribution in [0.15, 0.2) is 0 Å². The average Bonchev–Trinajstić information content (AvgIpc) is 2.82. The molecule has 2 rings (SSSR count). The van der Waals surface area contributed by atoms with Crippen molar-refractivity contribution in [1.29, 1.82) is 0 Å². The summed E-state index contributed by atoms with van der Waals surface area (Å²) in [4.78, 5) is 0. The van der Waals surface area contributed by atoms with E-state index in [0.29, 0.717) is 0 Å². The summed E-state index contributed by atoms with van der Waals surface area (Å²) in [5, 5.41) is 0. The highest BCUT2D eigenvalue weighted by molar-refractivity contribution is 5.21. The van der Waals surface area contributed by atoms with Gasteiger partial charge >= 0.3 is 12.4 Å². The summed E-state index contributed by atoms with van der Waals surface area (Å²) in [5.74, 6) is 0. The van der Waals surface area contributed by atoms with Gasteiger partial charge in [-0.05, 0) is 13.8 Å². The Hall–Kier alpha value is -0.540. The summed E-state index contributed by atoms with van der Waals surface area (Å²) in [5.41, 5.74) is -5.92. The number of ether oxygens (including phenoxy) is 3. The molecule has 2 saturated heterocycles. The Balaban J connectivity index is 2.46. The van der Waals surface area contributed by atoms with Gasteiger partial charge in [-0.3, -0.25) is 0 Å². The molecule has 2 bridgehead atoms. The molecule has 2 fully saturated rings. The third-order valence-electron chi connectivity index (χ3n) is 4.08. The normalized spacial score (nSPS) is 40.0. The average molecular weight is 322 g/mol. The van der Waals surface area contributed by atoms with Crippen molar-refractivity contribution < 1.29 is 40.6 Å². The first-order valence-electron chi connectivity index (χ1n) is 6.61. The summed E-state index contributed by atoms with van der Waals surface area (Å²) in [6, 6.07) is 0. The third-order valence-corrected chi connectivity index (χ3v) is 4.08. The van der Waals surface area contributed by atoms with E-state index in [1.54, 1.807) is 0 Å². The second-order valence-corrected chi connectivity index (χ2v) is 5.17. The van der Waals surface area contributed by atoms with E-state index in [4.69, 9.17) is 9.47 Å². The van der Waals surface area contributed by atoms with Crippen LogP contribution in [0.1, 0.15) is 26.7 Å². The first-order chi connectivity index (χ1) is 9.54. The number of hydrogen-bond donors (Lipinski definition) is 0. The smallest absolute Gasteiger partial charge is 0.375 e. The van der Waals surface area contributed by atoms with Crippen LogP contribution in [0.4, 0.5) is 26.3 Å². The largest absolute Gasteiger partial charge is 0.420 e. The van der Waals surface area contributed by atoms with Crippen LogP contribution in [0.25, 0.3) is 0 Å². The van der Waals surface area contributed by atoms with Gasteiger partial charge in [0.25, 0.3) is 0 Å². The topological polar surface area (TPSA) is 27.7 Å². The maximum Gasteiger partial charge on any atom is 0.420 e. The second kappa shape index (κ2) is 4.99. The zero-order valence-electron chi connectivity index (χ0n) is 11.5. The molecule has 2 heterocycles. The molecule has 4 unspecified atom stereocenters. The number of halogens is 6. The van der Waals surface area contributed by atoms with Crippen molar-refractivity contribution in [1.82, 2.24) is 0 Å². The van der Waals surface area contributed by atoms with Crippen LogP contribution in [0.2, 0.25) is 0 Å². The number of alkyl halides is 6. The lowest BCUT2D eigenvalue weighted by atomic mass is 9.76. The predicted octanol–water partition coefficient (Wildman–Crippen LogP) is 3.22. The van der Waals surface area contributed by atoms with Crippen LogP contribution in [-0.4, -0.2) is 49.0 Å². The molecule has 0 saturated carbocycles. The minimum Gasteiger partial charge on any atom is -0.375 e. The monoisotopic (exact) mass is 322 g/mol. The van der Waals surface area contributed by atoms with Gasteiger partial charge < -0.3 is 14.2 Å². The van der Waals surface area contributed by atoms with Crippen LogP contribution < -0.4 is 0 Å². The fraction of sp³-hybridized carbons (Fsp3) is 1.00. The highest BCUT2D eigenvalue weighted by atomic mass is 19.4. The predicted molar refractivity (Wildman–Crippen MR) is 58.7 cm³/mol. The van der Waals surface area contributed by atoms with Gasteiger partial charge in [-0.1, -0.05) is 0 Å². The Bertz CT molecular complexity index is 359. The van der Waals surface area contributed by atoms with E-state index in [9.17, 15) is 26.3 Å². The van der Waals surface area contributed by atoms with Crippen molar-refractivity contribution in [3.63, 3.8) is 0 Å². The SMILES string of the molecule is CCOC1CC2(C(F)(F)F)OC1(C(F)(F)F)CC2OCC. The molecule has 0 aromatic rings. The Morgan fingerprint density at radius 1 is 0.857 bits per heavy atom. The molecule has 0 aromatic carbocycles. The Labute approximate surface area is 117 Å². The minimum absolute atomic E-state index is 0.126. The number of fused-ring (bicyclic) bond motifs is 2. The summed E-state index contributed by atoms with van der Waals surface area (Å²) in [6.45, 7) is 2.60. The molecule has 0 aliphatic carbocycles. The molecule has 2 aliphatic heterocycles. The molecule has 0 aromatic heterocycles. The van der Waals surface area contributed by atoms with Gasteiger partial charge in [0.2, 0.25) is 0 Å². The van der Waals surface area contributed by atoms with Crippen LogP contribution in [0.5, 0.6) is 0 Å². The molecule has 2 aliphatic rings. The lowest BCUT2D eigenvalue weighted by Gasteiger charge is -2.37. The molecule has 0 spiro atoms. The summed E-state index contributed by atoms with van der Waals surface area (Å²) in [6.07, 6.45) is -15.1. The standard InChI is InChI=1S/C12H16F6O3/c1-3-19-7-5-10(12(16,17)18)8(20-4-2)6-9(7,21-10)11(13,14)15/h7-8H,3-6H2,1-2H3. The summed E-state index contributed by atoms with van der Waals surface area (Å²) >= 11 is 0. The number of hydrogen-bond acceptors (Lipinski definition) is 3. The van der Waals surface area contributed by atoms with Gasteiger partial charge in [0.15, 0.2) is 11.2 Å². The van der Waals surface area contributed by atoms with Gasteiger partial charge in [-0.2, -0.15) is 26.3 Å². The fourth-order valence-corrected chi connectivity index (χ4v) is 3.18. The molecule has 21 heavy (non-hydrogen) atoms. The van der Waals surface area contributed by atoms with Crippen molar-refractivity contribution in [2.45, 2.75) is 62.5 Å². The lowest BCUT2D eigenvalue weighted by Crippen LogP contribution is -2.57. The molecule has 124 valence electrons. The first-order valence-corrected chi connectivity index (χ1v) is 6.61. The quantitative estimate of drug-likeness (QED) is 0.744. The zero-order chi connectivity index (χ0) is 16.1. The first kappa shape index (κ1) is 16.8. The third kappa shape index (κ3) is 2.24. The zero-order valence-corrected chi connectivity index (χ0v) is 11.5. The van der Waals surface area contributed by atoms with Gasteiger partial charge in [0.1, 0.15) is 0 Å². The van der Waals surface area contributed by atoms with Crippen molar-refractivity contribution in [3.05, 3.63) is 0 Å². The maximum absolute atomic E-state index is 13.4. The minimum atomic E-state index is -4.97. The van der Waals surface area contributed by atoms with Crippen LogP contribution in [0, 0.1) is 0 Å². The van der Waals surface area contributed by atoms with Crippen LogP contribution >= 0.6 is 0 Å². The molecule has 0 radical (unpaired) electrons. The Morgan fingerprint density at radius 3 is 1.43 bits per heavy atom. The van der Waals surface area contributed by atoms with E-state index in [1.807, 2.05) is 0 Å². The van der Waals surface area contributed by atoms with Gasteiger partial charge in [0.05, 0.1) is 12.2 Å². The van der Waals surface area contributed by atoms with Crippen molar-refractivity contribution in [3.8, 4) is 0 Å². The van der Waals surface area contributed by atoms with E-state index in [-0.39, 0.29) is 13.2 Å². The van der Waals surface area contributed by atoms with Crippen molar-refractivity contribution in [2.24, 2.45) is 0 Å². The van der Waals surface area contributed by atoms with E-state index < -0.39 is 48.6 Å². The lowest BCUT2D eigenvalue weighted by molar-refractivity contribution is -0.322. The van der Waals surface area contributed by atoms with E-state index >= 15 is 0 Å². The maximum atomic E-state index is 13.4. The van der Waals surface area contributed by atoms with Gasteiger partial charge in [-0.15, -0.1) is 0 Å². The van der Waals surface area contributed by atoms with Crippen LogP contribution in [0.3, 0.4) is 0 Å². The van der Waals surface area contributed by atoms with Crippen molar-refractivity contribution >= 4 is 0 Å². The molecular weight excluding hydrogens is 306 g/mol. The molecule has 9 heteroatoms. The van der Waals surface area contributed by atoms with Gasteiger partial charge in [-0.25, -0.2) is 0 Å². The van der Waals surface area contributed by atoms with E-state index in [0.717, 1.165) is 0 Å². The summed E-state index contributed by atoms with van der Waals surface area (Å²) < 4.78 is 94.6. The Morgan fingerprint density at radius 2 is 1.19 bits per heavy atom. The molecule has 3 nitrogen and oxygen atoms in total. The fourth-order valence-electron chi connectivity index (χ4n) is 3.18. The van der Waals surface area contributed by atoms with Crippen molar-refractivity contribution in [2.75, 3.05) is 13.2 Å². The second-order valence-electron chi connectivity index (χ2n) is 5.17. The molecular formula is C12H16F6O3. The van der Waals surface area contributed by atoms with Gasteiger partial charge in [0, 0.05) is 26.1 Å². The highest BCUT2D eigenvalue weighted by Crippen LogP contribution is 2.63. The number of rotatable bonds is 4. The molecule has 4 atom stereocenters. The van der Waals surface area contributed by atoms with E-state index in [2.05, 4.69) is 4.74 Å². The Kier molecular flexibility index (Phi) is 4.00. The van der Waals surface area contributed by atoms with Crippen LogP contribution in [-0.2, 0) is 14.2 Å².